The molecule has 5 heteroatoms. The fraction of sp³-hybridized carbons (Fsp3) is 0.889. The van der Waals surface area contributed by atoms with E-state index in [9.17, 15) is 18.0 Å². The fourth-order valence-electron chi connectivity index (χ4n) is 1.68. The van der Waals surface area contributed by atoms with E-state index in [0.29, 0.717) is 6.42 Å². The molecule has 2 nitrogen and oxygen atoms in total. The molecule has 0 unspecified atom stereocenters. The maximum atomic E-state index is 12.2. The fourth-order valence-corrected chi connectivity index (χ4v) is 1.68. The number of nitrogens with zero attached hydrogens (tertiary/aromatic N) is 1. The van der Waals surface area contributed by atoms with E-state index in [-0.39, 0.29) is 31.8 Å². The Bertz CT molecular complexity index is 207. The van der Waals surface area contributed by atoms with Crippen molar-refractivity contribution >= 4 is 5.91 Å². The Morgan fingerprint density at radius 1 is 1.36 bits per heavy atom. The lowest BCUT2D eigenvalue weighted by Crippen LogP contribution is -2.41. The van der Waals surface area contributed by atoms with Crippen LogP contribution in [0.3, 0.4) is 0 Å². The zero-order valence-electron chi connectivity index (χ0n) is 8.10. The second kappa shape index (κ2) is 4.19. The van der Waals surface area contributed by atoms with E-state index in [0.717, 1.165) is 0 Å². The van der Waals surface area contributed by atoms with Gasteiger partial charge in [0.15, 0.2) is 0 Å². The second-order valence-corrected chi connectivity index (χ2v) is 3.55. The first-order valence-electron chi connectivity index (χ1n) is 4.79. The first-order valence-corrected chi connectivity index (χ1v) is 4.79. The largest absolute Gasteiger partial charge is 0.391 e. The van der Waals surface area contributed by atoms with Crippen molar-refractivity contribution in [2.45, 2.75) is 32.4 Å². The summed E-state index contributed by atoms with van der Waals surface area (Å²) in [5.74, 6) is -1.27. The third-order valence-electron chi connectivity index (χ3n) is 2.61. The second-order valence-electron chi connectivity index (χ2n) is 3.55. The lowest BCUT2D eigenvalue weighted by Gasteiger charge is -2.32. The van der Waals surface area contributed by atoms with Gasteiger partial charge in [-0.15, -0.1) is 0 Å². The number of hydrogen-bond acceptors (Lipinski definition) is 1. The zero-order chi connectivity index (χ0) is 10.8. The Labute approximate surface area is 81.1 Å². The first kappa shape index (κ1) is 11.3. The molecule has 1 fully saturated rings. The van der Waals surface area contributed by atoms with Crippen LogP contribution in [0.5, 0.6) is 0 Å². The van der Waals surface area contributed by atoms with Crippen LogP contribution < -0.4 is 0 Å². The summed E-state index contributed by atoms with van der Waals surface area (Å²) in [4.78, 5) is 12.7. The highest BCUT2D eigenvalue weighted by Gasteiger charge is 2.41. The number of halogens is 3. The average Bonchev–Trinajstić information content (AvgIpc) is 2.15. The number of carbonyl (C=O) groups is 1. The molecule has 1 aliphatic heterocycles. The van der Waals surface area contributed by atoms with Gasteiger partial charge in [0.1, 0.15) is 0 Å². The smallest absolute Gasteiger partial charge is 0.343 e. The van der Waals surface area contributed by atoms with Gasteiger partial charge in [-0.25, -0.2) is 0 Å². The van der Waals surface area contributed by atoms with Gasteiger partial charge in [0.05, 0.1) is 5.92 Å². The van der Waals surface area contributed by atoms with Gasteiger partial charge in [-0.2, -0.15) is 13.2 Å². The highest BCUT2D eigenvalue weighted by Crippen LogP contribution is 2.34. The summed E-state index contributed by atoms with van der Waals surface area (Å²) in [6.07, 6.45) is -3.62. The third kappa shape index (κ3) is 2.62. The monoisotopic (exact) mass is 209 g/mol. The Balaban J connectivity index is 2.43. The molecule has 0 radical (unpaired) electrons. The van der Waals surface area contributed by atoms with E-state index < -0.39 is 12.1 Å². The predicted molar refractivity (Wildman–Crippen MR) is 45.7 cm³/mol. The van der Waals surface area contributed by atoms with Gasteiger partial charge in [0.25, 0.3) is 0 Å². The first-order chi connectivity index (χ1) is 6.45. The van der Waals surface area contributed by atoms with Gasteiger partial charge in [0, 0.05) is 19.5 Å². The molecule has 0 aliphatic carbocycles. The normalized spacial score (nSPS) is 19.9. The van der Waals surface area contributed by atoms with Crippen LogP contribution in [0, 0.1) is 5.92 Å². The molecule has 14 heavy (non-hydrogen) atoms. The molecule has 1 heterocycles. The van der Waals surface area contributed by atoms with Crippen LogP contribution in [0.4, 0.5) is 13.2 Å². The number of piperidine rings is 1. The van der Waals surface area contributed by atoms with E-state index >= 15 is 0 Å². The summed E-state index contributed by atoms with van der Waals surface area (Å²) in [6.45, 7) is 2.21. The van der Waals surface area contributed by atoms with E-state index in [1.54, 1.807) is 6.92 Å². The standard InChI is InChI=1S/C9H14F3NO/c1-2-8(14)13-5-3-7(4-6-13)9(10,11)12/h7H,2-6H2,1H3. The SMILES string of the molecule is CCC(=O)N1CCC(C(F)(F)F)CC1. The zero-order valence-corrected chi connectivity index (χ0v) is 8.10. The van der Waals surface area contributed by atoms with Crippen molar-refractivity contribution in [3.63, 3.8) is 0 Å². The molecule has 0 spiro atoms. The molecular formula is C9H14F3NO. The van der Waals surface area contributed by atoms with Crippen molar-refractivity contribution in [2.75, 3.05) is 13.1 Å². The minimum absolute atomic E-state index is 0.0503. The molecule has 0 saturated carbocycles. The average molecular weight is 209 g/mol. The van der Waals surface area contributed by atoms with Gasteiger partial charge in [-0.05, 0) is 12.8 Å². The van der Waals surface area contributed by atoms with Crippen LogP contribution in [0.1, 0.15) is 26.2 Å². The molecular weight excluding hydrogens is 195 g/mol. The van der Waals surface area contributed by atoms with E-state index in [1.807, 2.05) is 0 Å². The minimum atomic E-state index is -4.10. The number of amides is 1. The van der Waals surface area contributed by atoms with Crippen molar-refractivity contribution < 1.29 is 18.0 Å². The van der Waals surface area contributed by atoms with Crippen molar-refractivity contribution in [2.24, 2.45) is 5.92 Å². The summed E-state index contributed by atoms with van der Waals surface area (Å²) < 4.78 is 36.7. The molecule has 0 aromatic heterocycles. The van der Waals surface area contributed by atoms with E-state index in [2.05, 4.69) is 0 Å². The summed E-state index contributed by atoms with van der Waals surface area (Å²) in [5.41, 5.74) is 0. The molecule has 0 N–H and O–H groups in total. The minimum Gasteiger partial charge on any atom is -0.343 e. The Kier molecular flexibility index (Phi) is 3.39. The van der Waals surface area contributed by atoms with Crippen molar-refractivity contribution in [1.82, 2.24) is 4.90 Å². The van der Waals surface area contributed by atoms with Crippen LogP contribution in [-0.2, 0) is 4.79 Å². The molecule has 1 aliphatic rings. The molecule has 1 saturated heterocycles. The molecule has 0 bridgehead atoms. The van der Waals surface area contributed by atoms with Crippen LogP contribution >= 0.6 is 0 Å². The molecule has 0 atom stereocenters. The lowest BCUT2D eigenvalue weighted by molar-refractivity contribution is -0.186. The van der Waals surface area contributed by atoms with Crippen molar-refractivity contribution in [1.29, 1.82) is 0 Å². The summed E-state index contributed by atoms with van der Waals surface area (Å²) in [7, 11) is 0. The van der Waals surface area contributed by atoms with Crippen LogP contribution in [0.15, 0.2) is 0 Å². The topological polar surface area (TPSA) is 20.3 Å². The molecule has 0 aromatic rings. The number of hydrogen-bond donors (Lipinski definition) is 0. The van der Waals surface area contributed by atoms with Gasteiger partial charge >= 0.3 is 6.18 Å². The Morgan fingerprint density at radius 3 is 2.21 bits per heavy atom. The molecule has 1 amide bonds. The summed E-state index contributed by atoms with van der Waals surface area (Å²) in [5, 5.41) is 0. The number of likely N-dealkylation sites (tertiary alicyclic amines) is 1. The van der Waals surface area contributed by atoms with Crippen LogP contribution in [-0.4, -0.2) is 30.1 Å². The van der Waals surface area contributed by atoms with Crippen LogP contribution in [0.2, 0.25) is 0 Å². The predicted octanol–water partition coefficient (Wildman–Crippen LogP) is 2.20. The maximum Gasteiger partial charge on any atom is 0.391 e. The highest BCUT2D eigenvalue weighted by atomic mass is 19.4. The van der Waals surface area contributed by atoms with Gasteiger partial charge < -0.3 is 4.90 Å². The summed E-state index contributed by atoms with van der Waals surface area (Å²) >= 11 is 0. The number of carbonyl (C=O) groups excluding carboxylic acids is 1. The Hall–Kier alpha value is -0.740. The van der Waals surface area contributed by atoms with Gasteiger partial charge in [-0.3, -0.25) is 4.79 Å². The summed E-state index contributed by atoms with van der Waals surface area (Å²) in [6, 6.07) is 0. The molecule has 82 valence electrons. The van der Waals surface area contributed by atoms with Crippen molar-refractivity contribution in [3.05, 3.63) is 0 Å². The van der Waals surface area contributed by atoms with Gasteiger partial charge in [0.2, 0.25) is 5.91 Å². The molecule has 0 aromatic carbocycles. The highest BCUT2D eigenvalue weighted by molar-refractivity contribution is 5.75. The third-order valence-corrected chi connectivity index (χ3v) is 2.61. The van der Waals surface area contributed by atoms with Crippen molar-refractivity contribution in [3.8, 4) is 0 Å². The van der Waals surface area contributed by atoms with E-state index in [1.165, 1.54) is 4.90 Å². The lowest BCUT2D eigenvalue weighted by atomic mass is 9.96. The Morgan fingerprint density at radius 2 is 1.86 bits per heavy atom. The van der Waals surface area contributed by atoms with E-state index in [4.69, 9.17) is 0 Å². The number of rotatable bonds is 1. The quantitative estimate of drug-likeness (QED) is 0.648. The molecule has 1 rings (SSSR count). The van der Waals surface area contributed by atoms with Crippen LogP contribution in [0.25, 0.3) is 0 Å². The number of alkyl halides is 3. The maximum absolute atomic E-state index is 12.2. The van der Waals surface area contributed by atoms with Gasteiger partial charge in [-0.1, -0.05) is 6.92 Å².